The molecule has 0 spiro atoms. The molecule has 0 atom stereocenters. The molecule has 0 bridgehead atoms. The molecular formula is C24H22N4O3. The molecule has 1 aliphatic carbocycles. The lowest BCUT2D eigenvalue weighted by Gasteiger charge is -2.27. The molecule has 2 amide bonds. The number of rotatable bonds is 5. The number of aromatic nitrogens is 2. The molecule has 156 valence electrons. The number of amides is 2. The van der Waals surface area contributed by atoms with E-state index < -0.39 is 0 Å². The lowest BCUT2D eigenvalue weighted by molar-refractivity contribution is 0.0630. The van der Waals surface area contributed by atoms with Crippen LogP contribution in [-0.4, -0.2) is 38.1 Å². The van der Waals surface area contributed by atoms with Crippen molar-refractivity contribution >= 4 is 11.8 Å². The Morgan fingerprint density at radius 1 is 0.968 bits per heavy atom. The van der Waals surface area contributed by atoms with Crippen LogP contribution in [-0.2, 0) is 26.1 Å². The summed E-state index contributed by atoms with van der Waals surface area (Å²) in [6.45, 7) is 2.54. The van der Waals surface area contributed by atoms with E-state index in [1.165, 1.54) is 29.0 Å². The second-order valence-electron chi connectivity index (χ2n) is 8.55. The second kappa shape index (κ2) is 7.13. The SMILES string of the molecule is O=C1c2ccccc2C(=O)N1Cc1ccc(CN2CCc3nc(C4CC4)ncc3C2)o1. The first kappa shape index (κ1) is 18.4. The Hall–Kier alpha value is -3.32. The third-order valence-electron chi connectivity index (χ3n) is 6.26. The Kier molecular flexibility index (Phi) is 4.24. The van der Waals surface area contributed by atoms with Crippen LogP contribution in [0, 0.1) is 0 Å². The van der Waals surface area contributed by atoms with E-state index in [1.807, 2.05) is 18.3 Å². The van der Waals surface area contributed by atoms with Gasteiger partial charge in [-0.2, -0.15) is 0 Å². The van der Waals surface area contributed by atoms with Crippen LogP contribution in [0.1, 0.15) is 68.1 Å². The highest BCUT2D eigenvalue weighted by Gasteiger charge is 2.35. The summed E-state index contributed by atoms with van der Waals surface area (Å²) in [7, 11) is 0. The highest BCUT2D eigenvalue weighted by molar-refractivity contribution is 6.21. The first-order valence-electron chi connectivity index (χ1n) is 10.8. The number of hydrogen-bond acceptors (Lipinski definition) is 6. The minimum absolute atomic E-state index is 0.146. The van der Waals surface area contributed by atoms with E-state index in [0.29, 0.717) is 29.3 Å². The molecule has 1 aromatic carbocycles. The molecule has 1 fully saturated rings. The number of carbonyl (C=O) groups excluding carboxylic acids is 2. The minimum atomic E-state index is -0.267. The van der Waals surface area contributed by atoms with Crippen molar-refractivity contribution in [2.24, 2.45) is 0 Å². The number of fused-ring (bicyclic) bond motifs is 2. The van der Waals surface area contributed by atoms with Gasteiger partial charge in [-0.25, -0.2) is 9.97 Å². The van der Waals surface area contributed by atoms with E-state index in [4.69, 9.17) is 9.40 Å². The quantitative estimate of drug-likeness (QED) is 0.596. The van der Waals surface area contributed by atoms with E-state index in [-0.39, 0.29) is 18.4 Å². The third kappa shape index (κ3) is 3.35. The van der Waals surface area contributed by atoms with Gasteiger partial charge >= 0.3 is 0 Å². The highest BCUT2D eigenvalue weighted by Crippen LogP contribution is 2.38. The van der Waals surface area contributed by atoms with Crippen molar-refractivity contribution in [1.82, 2.24) is 19.8 Å². The zero-order chi connectivity index (χ0) is 20.9. The Morgan fingerprint density at radius 3 is 2.39 bits per heavy atom. The molecule has 0 unspecified atom stereocenters. The fourth-order valence-corrected chi connectivity index (χ4v) is 4.41. The monoisotopic (exact) mass is 414 g/mol. The third-order valence-corrected chi connectivity index (χ3v) is 6.26. The summed E-state index contributed by atoms with van der Waals surface area (Å²) in [4.78, 5) is 38.0. The second-order valence-corrected chi connectivity index (χ2v) is 8.55. The molecule has 31 heavy (non-hydrogen) atoms. The van der Waals surface area contributed by atoms with Crippen molar-refractivity contribution in [2.75, 3.05) is 6.54 Å². The summed E-state index contributed by atoms with van der Waals surface area (Å²) in [6, 6.07) is 10.7. The topological polar surface area (TPSA) is 79.5 Å². The van der Waals surface area contributed by atoms with Gasteiger partial charge < -0.3 is 4.42 Å². The van der Waals surface area contributed by atoms with Crippen LogP contribution in [0.25, 0.3) is 0 Å². The fraction of sp³-hybridized carbons (Fsp3) is 0.333. The summed E-state index contributed by atoms with van der Waals surface area (Å²) in [6.07, 6.45) is 5.33. The van der Waals surface area contributed by atoms with Crippen LogP contribution in [0.4, 0.5) is 0 Å². The van der Waals surface area contributed by atoms with Gasteiger partial charge in [0.2, 0.25) is 0 Å². The average molecular weight is 414 g/mol. The Morgan fingerprint density at radius 2 is 1.68 bits per heavy atom. The molecule has 6 rings (SSSR count). The van der Waals surface area contributed by atoms with Gasteiger partial charge in [-0.05, 0) is 37.1 Å². The summed E-state index contributed by atoms with van der Waals surface area (Å²) < 4.78 is 5.97. The normalized spacial score (nSPS) is 18.4. The standard InChI is InChI=1S/C24H22N4O3/c29-23-19-3-1-2-4-20(19)24(30)28(23)14-18-8-7-17(31-18)13-27-10-9-21-16(12-27)11-25-22(26-21)15-5-6-15/h1-4,7-8,11,15H,5-6,9-10,12-14H2. The van der Waals surface area contributed by atoms with Crippen LogP contribution >= 0.6 is 0 Å². The minimum Gasteiger partial charge on any atom is -0.463 e. The maximum absolute atomic E-state index is 12.6. The van der Waals surface area contributed by atoms with E-state index in [9.17, 15) is 9.59 Å². The molecule has 3 aromatic rings. The van der Waals surface area contributed by atoms with Gasteiger partial charge in [0.25, 0.3) is 11.8 Å². The molecule has 0 radical (unpaired) electrons. The molecule has 3 aliphatic rings. The summed E-state index contributed by atoms with van der Waals surface area (Å²) in [5, 5.41) is 0. The number of imide groups is 1. The first-order chi connectivity index (χ1) is 15.2. The van der Waals surface area contributed by atoms with Gasteiger partial charge in [0.05, 0.1) is 24.2 Å². The predicted molar refractivity (Wildman–Crippen MR) is 111 cm³/mol. The van der Waals surface area contributed by atoms with Gasteiger partial charge in [-0.3, -0.25) is 19.4 Å². The van der Waals surface area contributed by atoms with Gasteiger partial charge in [0.1, 0.15) is 17.3 Å². The average Bonchev–Trinajstić information content (AvgIpc) is 3.51. The summed E-state index contributed by atoms with van der Waals surface area (Å²) in [5.41, 5.74) is 3.28. The predicted octanol–water partition coefficient (Wildman–Crippen LogP) is 3.30. The lowest BCUT2D eigenvalue weighted by atomic mass is 10.1. The maximum Gasteiger partial charge on any atom is 0.261 e. The van der Waals surface area contributed by atoms with Crippen molar-refractivity contribution in [3.05, 3.63) is 82.3 Å². The molecular weight excluding hydrogens is 392 g/mol. The largest absolute Gasteiger partial charge is 0.463 e. The van der Waals surface area contributed by atoms with Crippen LogP contribution < -0.4 is 0 Å². The van der Waals surface area contributed by atoms with Crippen LogP contribution in [0.3, 0.4) is 0 Å². The van der Waals surface area contributed by atoms with Crippen molar-refractivity contribution in [2.45, 2.75) is 44.8 Å². The van der Waals surface area contributed by atoms with E-state index in [2.05, 4.69) is 9.88 Å². The number of nitrogens with zero attached hydrogens (tertiary/aromatic N) is 4. The van der Waals surface area contributed by atoms with Crippen molar-refractivity contribution in [3.63, 3.8) is 0 Å². The number of carbonyl (C=O) groups is 2. The van der Waals surface area contributed by atoms with E-state index >= 15 is 0 Å². The molecule has 4 heterocycles. The first-order valence-corrected chi connectivity index (χ1v) is 10.8. The zero-order valence-corrected chi connectivity index (χ0v) is 17.1. The van der Waals surface area contributed by atoms with Crippen molar-refractivity contribution < 1.29 is 14.0 Å². The van der Waals surface area contributed by atoms with E-state index in [0.717, 1.165) is 31.1 Å². The Balaban J connectivity index is 1.11. The van der Waals surface area contributed by atoms with Gasteiger partial charge in [0.15, 0.2) is 0 Å². The van der Waals surface area contributed by atoms with Crippen LogP contribution in [0.15, 0.2) is 47.0 Å². The lowest BCUT2D eigenvalue weighted by Crippen LogP contribution is -2.31. The zero-order valence-electron chi connectivity index (χ0n) is 17.1. The van der Waals surface area contributed by atoms with Crippen LogP contribution in [0.2, 0.25) is 0 Å². The Bertz CT molecular complexity index is 1160. The maximum atomic E-state index is 12.6. The van der Waals surface area contributed by atoms with Gasteiger partial charge in [0, 0.05) is 42.9 Å². The molecule has 2 aromatic heterocycles. The molecule has 0 N–H and O–H groups in total. The molecule has 7 nitrogen and oxygen atoms in total. The fourth-order valence-electron chi connectivity index (χ4n) is 4.41. The summed E-state index contributed by atoms with van der Waals surface area (Å²) in [5.74, 6) is 2.49. The van der Waals surface area contributed by atoms with Gasteiger partial charge in [-0.1, -0.05) is 12.1 Å². The molecule has 0 saturated heterocycles. The van der Waals surface area contributed by atoms with Crippen molar-refractivity contribution in [1.29, 1.82) is 0 Å². The molecule has 2 aliphatic heterocycles. The Labute approximate surface area is 179 Å². The number of furan rings is 1. The smallest absolute Gasteiger partial charge is 0.261 e. The number of hydrogen-bond donors (Lipinski definition) is 0. The van der Waals surface area contributed by atoms with Crippen molar-refractivity contribution in [3.8, 4) is 0 Å². The summed E-state index contributed by atoms with van der Waals surface area (Å²) >= 11 is 0. The van der Waals surface area contributed by atoms with Crippen LogP contribution in [0.5, 0.6) is 0 Å². The van der Waals surface area contributed by atoms with Gasteiger partial charge in [-0.15, -0.1) is 0 Å². The molecule has 7 heteroatoms. The molecule has 1 saturated carbocycles. The van der Waals surface area contributed by atoms with E-state index in [1.54, 1.807) is 24.3 Å². The highest BCUT2D eigenvalue weighted by atomic mass is 16.3. The number of benzene rings is 1.